The Bertz CT molecular complexity index is 795. The summed E-state index contributed by atoms with van der Waals surface area (Å²) in [6.07, 6.45) is -0.944. The van der Waals surface area contributed by atoms with Crippen LogP contribution in [0.5, 0.6) is 5.75 Å². The molecule has 2 aromatic rings. The number of halogens is 2. The molecule has 0 aromatic heterocycles. The van der Waals surface area contributed by atoms with Crippen LogP contribution in [0.15, 0.2) is 42.5 Å². The van der Waals surface area contributed by atoms with E-state index in [0.29, 0.717) is 21.5 Å². The van der Waals surface area contributed by atoms with Crippen LogP contribution >= 0.6 is 23.2 Å². The lowest BCUT2D eigenvalue weighted by atomic mass is 10.2. The smallest absolute Gasteiger partial charge is 0.310 e. The van der Waals surface area contributed by atoms with Crippen LogP contribution in [0.25, 0.3) is 0 Å². The van der Waals surface area contributed by atoms with E-state index in [2.05, 4.69) is 5.32 Å². The summed E-state index contributed by atoms with van der Waals surface area (Å²) in [6, 6.07) is 12.2. The Morgan fingerprint density at radius 3 is 2.62 bits per heavy atom. The zero-order chi connectivity index (χ0) is 19.1. The van der Waals surface area contributed by atoms with Crippen LogP contribution in [0.1, 0.15) is 18.9 Å². The first-order valence-corrected chi connectivity index (χ1v) is 8.76. The van der Waals surface area contributed by atoms with Gasteiger partial charge in [-0.3, -0.25) is 9.59 Å². The molecule has 26 heavy (non-hydrogen) atoms. The van der Waals surface area contributed by atoms with Gasteiger partial charge in [0.15, 0.2) is 6.10 Å². The van der Waals surface area contributed by atoms with E-state index in [-0.39, 0.29) is 13.0 Å². The fourth-order valence-corrected chi connectivity index (χ4v) is 2.44. The Labute approximate surface area is 162 Å². The second-order valence-corrected chi connectivity index (χ2v) is 6.45. The number of nitrogens with one attached hydrogen (secondary N) is 1. The molecule has 0 aliphatic heterocycles. The van der Waals surface area contributed by atoms with Gasteiger partial charge in [0.05, 0.1) is 23.7 Å². The Morgan fingerprint density at radius 2 is 1.88 bits per heavy atom. The normalized spacial score (nSPS) is 11.5. The minimum atomic E-state index is -0.976. The minimum Gasteiger partial charge on any atom is -0.493 e. The third-order valence-electron chi connectivity index (χ3n) is 3.52. The molecule has 1 N–H and O–H groups in total. The van der Waals surface area contributed by atoms with E-state index in [1.165, 1.54) is 13.0 Å². The molecule has 0 spiro atoms. The largest absolute Gasteiger partial charge is 0.493 e. The number of carbonyl (C=O) groups excluding carboxylic acids is 2. The Balaban J connectivity index is 1.79. The van der Waals surface area contributed by atoms with Crippen molar-refractivity contribution in [3.05, 3.63) is 58.1 Å². The Kier molecular flexibility index (Phi) is 7.30. The molecule has 5 nitrogen and oxygen atoms in total. The van der Waals surface area contributed by atoms with Crippen molar-refractivity contribution in [2.75, 3.05) is 11.9 Å². The summed E-state index contributed by atoms with van der Waals surface area (Å²) >= 11 is 11.9. The summed E-state index contributed by atoms with van der Waals surface area (Å²) in [5.74, 6) is -0.317. The second kappa shape index (κ2) is 9.46. The molecular formula is C19H19Cl2NO4. The quantitative estimate of drug-likeness (QED) is 0.693. The molecule has 1 amide bonds. The molecule has 2 rings (SSSR count). The van der Waals surface area contributed by atoms with Crippen molar-refractivity contribution in [3.63, 3.8) is 0 Å². The van der Waals surface area contributed by atoms with E-state index >= 15 is 0 Å². The van der Waals surface area contributed by atoms with Crippen LogP contribution in [0.4, 0.5) is 5.69 Å². The number of esters is 1. The first kappa shape index (κ1) is 20.1. The average molecular weight is 396 g/mol. The molecule has 0 aliphatic carbocycles. The summed E-state index contributed by atoms with van der Waals surface area (Å²) in [5.41, 5.74) is 1.34. The third-order valence-corrected chi connectivity index (χ3v) is 4.09. The standard InChI is InChI=1S/C19H19Cl2NO4/c1-12-5-3-4-6-17(12)25-10-9-18(23)26-13(2)19(24)22-16-11-14(20)7-8-15(16)21/h3-8,11,13H,9-10H2,1-2H3,(H,22,24). The second-order valence-electron chi connectivity index (χ2n) is 5.61. The number of ether oxygens (including phenoxy) is 2. The van der Waals surface area contributed by atoms with Gasteiger partial charge in [0.2, 0.25) is 0 Å². The summed E-state index contributed by atoms with van der Waals surface area (Å²) in [7, 11) is 0. The van der Waals surface area contributed by atoms with Crippen LogP contribution in [0.2, 0.25) is 10.0 Å². The van der Waals surface area contributed by atoms with Gasteiger partial charge in [-0.05, 0) is 43.7 Å². The number of rotatable bonds is 7. The van der Waals surface area contributed by atoms with E-state index in [1.54, 1.807) is 12.1 Å². The molecule has 0 bridgehead atoms. The van der Waals surface area contributed by atoms with Crippen molar-refractivity contribution in [1.82, 2.24) is 0 Å². The molecule has 1 unspecified atom stereocenters. The van der Waals surface area contributed by atoms with E-state index in [1.807, 2.05) is 31.2 Å². The van der Waals surface area contributed by atoms with Gasteiger partial charge in [-0.25, -0.2) is 0 Å². The van der Waals surface area contributed by atoms with Gasteiger partial charge >= 0.3 is 5.97 Å². The Morgan fingerprint density at radius 1 is 1.15 bits per heavy atom. The predicted molar refractivity (Wildman–Crippen MR) is 102 cm³/mol. The van der Waals surface area contributed by atoms with Crippen LogP contribution in [0.3, 0.4) is 0 Å². The number of hydrogen-bond donors (Lipinski definition) is 1. The van der Waals surface area contributed by atoms with Crippen molar-refractivity contribution >= 4 is 40.8 Å². The summed E-state index contributed by atoms with van der Waals surface area (Å²) in [5, 5.41) is 3.36. The molecule has 1 atom stereocenters. The van der Waals surface area contributed by atoms with Gasteiger partial charge in [-0.1, -0.05) is 41.4 Å². The van der Waals surface area contributed by atoms with E-state index in [9.17, 15) is 9.59 Å². The summed E-state index contributed by atoms with van der Waals surface area (Å²) in [6.45, 7) is 3.56. The SMILES string of the molecule is Cc1ccccc1OCCC(=O)OC(C)C(=O)Nc1cc(Cl)ccc1Cl. The molecule has 0 heterocycles. The van der Waals surface area contributed by atoms with Crippen molar-refractivity contribution < 1.29 is 19.1 Å². The van der Waals surface area contributed by atoms with E-state index < -0.39 is 18.0 Å². The number of aryl methyl sites for hydroxylation is 1. The topological polar surface area (TPSA) is 64.6 Å². The van der Waals surface area contributed by atoms with Gasteiger partial charge in [0.25, 0.3) is 5.91 Å². The van der Waals surface area contributed by atoms with Crippen molar-refractivity contribution in [1.29, 1.82) is 0 Å². The number of anilines is 1. The fraction of sp³-hybridized carbons (Fsp3) is 0.263. The van der Waals surface area contributed by atoms with Gasteiger partial charge in [0.1, 0.15) is 5.75 Å². The van der Waals surface area contributed by atoms with Crippen LogP contribution in [-0.2, 0) is 14.3 Å². The third kappa shape index (κ3) is 5.93. The zero-order valence-electron chi connectivity index (χ0n) is 14.4. The van der Waals surface area contributed by atoms with Crippen LogP contribution < -0.4 is 10.1 Å². The molecule has 0 saturated carbocycles. The van der Waals surface area contributed by atoms with Gasteiger partial charge in [0, 0.05) is 5.02 Å². The maximum absolute atomic E-state index is 12.1. The first-order valence-electron chi connectivity index (χ1n) is 8.00. The van der Waals surface area contributed by atoms with Crippen LogP contribution in [0, 0.1) is 6.92 Å². The number of carbonyl (C=O) groups is 2. The van der Waals surface area contributed by atoms with Crippen LogP contribution in [-0.4, -0.2) is 24.6 Å². The van der Waals surface area contributed by atoms with Crippen molar-refractivity contribution in [3.8, 4) is 5.75 Å². The molecule has 7 heteroatoms. The van der Waals surface area contributed by atoms with E-state index in [4.69, 9.17) is 32.7 Å². The summed E-state index contributed by atoms with van der Waals surface area (Å²) in [4.78, 5) is 24.0. The highest BCUT2D eigenvalue weighted by atomic mass is 35.5. The molecule has 0 aliphatic rings. The monoisotopic (exact) mass is 395 g/mol. The lowest BCUT2D eigenvalue weighted by Crippen LogP contribution is -2.30. The zero-order valence-corrected chi connectivity index (χ0v) is 15.9. The first-order chi connectivity index (χ1) is 12.4. The number of amides is 1. The fourth-order valence-electron chi connectivity index (χ4n) is 2.10. The predicted octanol–water partition coefficient (Wildman–Crippen LogP) is 4.64. The average Bonchev–Trinajstić information content (AvgIpc) is 2.59. The highest BCUT2D eigenvalue weighted by Crippen LogP contribution is 2.25. The number of para-hydroxylation sites is 1. The highest BCUT2D eigenvalue weighted by molar-refractivity contribution is 6.35. The van der Waals surface area contributed by atoms with Gasteiger partial charge < -0.3 is 14.8 Å². The maximum Gasteiger partial charge on any atom is 0.310 e. The molecule has 0 radical (unpaired) electrons. The molecule has 138 valence electrons. The van der Waals surface area contributed by atoms with Gasteiger partial charge in [-0.15, -0.1) is 0 Å². The molecule has 0 saturated heterocycles. The van der Waals surface area contributed by atoms with Crippen molar-refractivity contribution in [2.45, 2.75) is 26.4 Å². The van der Waals surface area contributed by atoms with E-state index in [0.717, 1.165) is 5.56 Å². The van der Waals surface area contributed by atoms with Crippen molar-refractivity contribution in [2.24, 2.45) is 0 Å². The van der Waals surface area contributed by atoms with Gasteiger partial charge in [-0.2, -0.15) is 0 Å². The number of benzene rings is 2. The molecule has 0 fully saturated rings. The highest BCUT2D eigenvalue weighted by Gasteiger charge is 2.19. The lowest BCUT2D eigenvalue weighted by Gasteiger charge is -2.15. The minimum absolute atomic E-state index is 0.0316. The summed E-state index contributed by atoms with van der Waals surface area (Å²) < 4.78 is 10.7. The molecule has 2 aromatic carbocycles. The lowest BCUT2D eigenvalue weighted by molar-refractivity contribution is -0.153. The molecular weight excluding hydrogens is 377 g/mol. The maximum atomic E-state index is 12.1. The Hall–Kier alpha value is -2.24. The number of hydrogen-bond acceptors (Lipinski definition) is 4.